The standard InChI is InChI=1S/C48H56S/c1-3-5-7-9-11-13-15-17-19-35-21-25-39-37(33-35)23-27-43-41(39)29-31-45-46-32-30-42-40-26-22-36(20-18-16-14-12-10-8-6-4-2)34-38(40)24-28-44(42)48(46)49-47(43)45/h21-34H,3-20H2,1-2H3. The third-order valence-corrected chi connectivity index (χ3v) is 12.5. The van der Waals surface area contributed by atoms with Crippen molar-refractivity contribution in [3.8, 4) is 0 Å². The van der Waals surface area contributed by atoms with Crippen molar-refractivity contribution in [2.75, 3.05) is 0 Å². The van der Waals surface area contributed by atoms with E-state index in [1.807, 2.05) is 11.3 Å². The number of unbranched alkanes of at least 4 members (excludes halogenated alkanes) is 14. The zero-order valence-electron chi connectivity index (χ0n) is 30.2. The van der Waals surface area contributed by atoms with Crippen LogP contribution in [0.3, 0.4) is 0 Å². The lowest BCUT2D eigenvalue weighted by Gasteiger charge is -2.08. The van der Waals surface area contributed by atoms with Crippen LogP contribution in [0.5, 0.6) is 0 Å². The Morgan fingerprint density at radius 3 is 1.08 bits per heavy atom. The molecule has 0 saturated carbocycles. The lowest BCUT2D eigenvalue weighted by molar-refractivity contribution is 0.575. The van der Waals surface area contributed by atoms with Crippen LogP contribution < -0.4 is 0 Å². The van der Waals surface area contributed by atoms with Gasteiger partial charge in [-0.25, -0.2) is 0 Å². The van der Waals surface area contributed by atoms with Crippen molar-refractivity contribution in [3.63, 3.8) is 0 Å². The largest absolute Gasteiger partial charge is 0.134 e. The van der Waals surface area contributed by atoms with E-state index in [4.69, 9.17) is 0 Å². The third-order valence-electron chi connectivity index (χ3n) is 11.2. The Morgan fingerprint density at radius 2 is 0.653 bits per heavy atom. The summed E-state index contributed by atoms with van der Waals surface area (Å²) in [5, 5.41) is 13.9. The van der Waals surface area contributed by atoms with Crippen molar-refractivity contribution in [1.29, 1.82) is 0 Å². The molecule has 0 nitrogen and oxygen atoms in total. The summed E-state index contributed by atoms with van der Waals surface area (Å²) in [6.45, 7) is 4.59. The number of rotatable bonds is 18. The molecule has 49 heavy (non-hydrogen) atoms. The monoisotopic (exact) mass is 664 g/mol. The molecule has 0 atom stereocenters. The van der Waals surface area contributed by atoms with E-state index in [-0.39, 0.29) is 0 Å². The van der Waals surface area contributed by atoms with Crippen molar-refractivity contribution < 1.29 is 0 Å². The molecule has 6 aromatic carbocycles. The number of hydrogen-bond donors (Lipinski definition) is 0. The smallest absolute Gasteiger partial charge is 0.0434 e. The molecule has 0 aliphatic heterocycles. The quantitative estimate of drug-likeness (QED) is 0.0632. The molecule has 0 fully saturated rings. The summed E-state index contributed by atoms with van der Waals surface area (Å²) in [7, 11) is 0. The lowest BCUT2D eigenvalue weighted by atomic mass is 9.95. The molecule has 0 aliphatic rings. The highest BCUT2D eigenvalue weighted by Crippen LogP contribution is 2.44. The van der Waals surface area contributed by atoms with Crippen LogP contribution in [-0.4, -0.2) is 0 Å². The lowest BCUT2D eigenvalue weighted by Crippen LogP contribution is -1.88. The Morgan fingerprint density at radius 1 is 0.327 bits per heavy atom. The Hall–Kier alpha value is -3.42. The zero-order valence-corrected chi connectivity index (χ0v) is 31.0. The molecule has 254 valence electrons. The van der Waals surface area contributed by atoms with Crippen LogP contribution in [0.4, 0.5) is 0 Å². The first kappa shape index (κ1) is 34.0. The van der Waals surface area contributed by atoms with Gasteiger partial charge in [0.15, 0.2) is 0 Å². The second-order valence-corrected chi connectivity index (χ2v) is 15.9. The van der Waals surface area contributed by atoms with Crippen LogP contribution >= 0.6 is 11.3 Å². The summed E-state index contributed by atoms with van der Waals surface area (Å²) < 4.78 is 2.84. The highest BCUT2D eigenvalue weighted by Gasteiger charge is 2.14. The van der Waals surface area contributed by atoms with Gasteiger partial charge in [-0.05, 0) is 69.1 Å². The van der Waals surface area contributed by atoms with E-state index in [1.165, 1.54) is 190 Å². The van der Waals surface area contributed by atoms with E-state index in [9.17, 15) is 0 Å². The van der Waals surface area contributed by atoms with E-state index in [1.54, 1.807) is 0 Å². The SMILES string of the molecule is CCCCCCCCCCc1ccc2c(ccc3c2ccc2c4ccc5c6ccc(CCCCCCCCCC)cc6ccc5c4sc32)c1. The molecule has 0 unspecified atom stereocenters. The second kappa shape index (κ2) is 16.5. The van der Waals surface area contributed by atoms with Gasteiger partial charge in [0.25, 0.3) is 0 Å². The molecule has 0 aliphatic carbocycles. The van der Waals surface area contributed by atoms with Crippen molar-refractivity contribution in [1.82, 2.24) is 0 Å². The molecule has 0 N–H and O–H groups in total. The van der Waals surface area contributed by atoms with E-state index in [2.05, 4.69) is 98.8 Å². The number of fused-ring (bicyclic) bond motifs is 11. The molecule has 7 rings (SSSR count). The van der Waals surface area contributed by atoms with Crippen molar-refractivity contribution in [3.05, 3.63) is 96.1 Å². The summed E-state index contributed by atoms with van der Waals surface area (Å²) >= 11 is 1.99. The van der Waals surface area contributed by atoms with Crippen LogP contribution in [0.25, 0.3) is 63.3 Å². The number of aryl methyl sites for hydroxylation is 2. The number of thiophene rings is 1. The van der Waals surface area contributed by atoms with Gasteiger partial charge in [0.05, 0.1) is 0 Å². The maximum Gasteiger partial charge on any atom is 0.0434 e. The van der Waals surface area contributed by atoms with Crippen molar-refractivity contribution in [2.24, 2.45) is 0 Å². The fraction of sp³-hybridized carbons (Fsp3) is 0.417. The molecule has 0 spiro atoms. The van der Waals surface area contributed by atoms with Crippen LogP contribution in [0.2, 0.25) is 0 Å². The Labute approximate surface area is 298 Å². The van der Waals surface area contributed by atoms with Crippen LogP contribution in [0.1, 0.15) is 128 Å². The topological polar surface area (TPSA) is 0 Å². The minimum absolute atomic E-state index is 1.20. The van der Waals surface area contributed by atoms with Gasteiger partial charge in [0, 0.05) is 30.9 Å². The van der Waals surface area contributed by atoms with E-state index >= 15 is 0 Å². The van der Waals surface area contributed by atoms with Gasteiger partial charge in [-0.1, -0.05) is 189 Å². The normalized spacial score (nSPS) is 12.1. The molecular formula is C48H56S. The number of hydrogen-bond acceptors (Lipinski definition) is 1. The molecule has 0 amide bonds. The Kier molecular flexibility index (Phi) is 11.5. The van der Waals surface area contributed by atoms with Gasteiger partial charge in [-0.15, -0.1) is 11.3 Å². The molecule has 1 aromatic heterocycles. The van der Waals surface area contributed by atoms with E-state index < -0.39 is 0 Å². The highest BCUT2D eigenvalue weighted by molar-refractivity contribution is 7.27. The first-order chi connectivity index (χ1) is 24.2. The van der Waals surface area contributed by atoms with Crippen LogP contribution in [0, 0.1) is 0 Å². The van der Waals surface area contributed by atoms with Crippen LogP contribution in [0.15, 0.2) is 84.9 Å². The van der Waals surface area contributed by atoms with Crippen molar-refractivity contribution in [2.45, 2.75) is 129 Å². The van der Waals surface area contributed by atoms with Gasteiger partial charge < -0.3 is 0 Å². The maximum absolute atomic E-state index is 2.45. The summed E-state index contributed by atoms with van der Waals surface area (Å²) in [5.74, 6) is 0. The van der Waals surface area contributed by atoms with E-state index in [0.717, 1.165) is 0 Å². The average molecular weight is 665 g/mol. The first-order valence-electron chi connectivity index (χ1n) is 19.9. The summed E-state index contributed by atoms with van der Waals surface area (Å²) in [6, 6.07) is 33.5. The predicted octanol–water partition coefficient (Wildman–Crippen LogP) is 16.0. The van der Waals surface area contributed by atoms with Crippen molar-refractivity contribution >= 4 is 74.6 Å². The predicted molar refractivity (Wildman–Crippen MR) is 222 cm³/mol. The molecular weight excluding hydrogens is 609 g/mol. The highest BCUT2D eigenvalue weighted by atomic mass is 32.1. The number of benzene rings is 6. The fourth-order valence-electron chi connectivity index (χ4n) is 8.32. The molecule has 1 heteroatoms. The average Bonchev–Trinajstić information content (AvgIpc) is 3.53. The third kappa shape index (κ3) is 7.68. The molecule has 0 bridgehead atoms. The first-order valence-corrected chi connectivity index (χ1v) is 20.7. The Bertz CT molecular complexity index is 2010. The second-order valence-electron chi connectivity index (χ2n) is 14.9. The zero-order chi connectivity index (χ0) is 33.4. The summed E-state index contributed by atoms with van der Waals surface area (Å²) in [5.41, 5.74) is 2.97. The van der Waals surface area contributed by atoms with Gasteiger partial charge in [-0.2, -0.15) is 0 Å². The molecule has 0 radical (unpaired) electrons. The summed E-state index contributed by atoms with van der Waals surface area (Å²) in [4.78, 5) is 0. The molecule has 1 heterocycles. The van der Waals surface area contributed by atoms with Gasteiger partial charge in [0.1, 0.15) is 0 Å². The minimum Gasteiger partial charge on any atom is -0.134 e. The van der Waals surface area contributed by atoms with E-state index in [0.29, 0.717) is 0 Å². The molecule has 7 aromatic rings. The molecule has 0 saturated heterocycles. The minimum atomic E-state index is 1.20. The van der Waals surface area contributed by atoms with Gasteiger partial charge >= 0.3 is 0 Å². The Balaban J connectivity index is 1.09. The fourth-order valence-corrected chi connectivity index (χ4v) is 9.68. The van der Waals surface area contributed by atoms with Gasteiger partial charge in [-0.3, -0.25) is 0 Å². The van der Waals surface area contributed by atoms with Crippen LogP contribution in [-0.2, 0) is 12.8 Å². The summed E-state index contributed by atoms with van der Waals surface area (Å²) in [6.07, 6.45) is 24.4. The maximum atomic E-state index is 2.45. The van der Waals surface area contributed by atoms with Gasteiger partial charge in [0.2, 0.25) is 0 Å².